The van der Waals surface area contributed by atoms with Gasteiger partial charge in [0.2, 0.25) is 0 Å². The Bertz CT molecular complexity index is 1320. The van der Waals surface area contributed by atoms with Gasteiger partial charge in [0.15, 0.2) is 0 Å². The van der Waals surface area contributed by atoms with Gasteiger partial charge in [0.05, 0.1) is 23.3 Å². The summed E-state index contributed by atoms with van der Waals surface area (Å²) in [6.07, 6.45) is 0. The van der Waals surface area contributed by atoms with E-state index in [1.54, 1.807) is 14.1 Å². The van der Waals surface area contributed by atoms with Crippen LogP contribution in [-0.2, 0) is 19.7 Å². The van der Waals surface area contributed by atoms with Gasteiger partial charge in [0.25, 0.3) is 5.91 Å². The highest BCUT2D eigenvalue weighted by Crippen LogP contribution is 2.33. The molecule has 2 heterocycles. The molecule has 34 heavy (non-hydrogen) atoms. The van der Waals surface area contributed by atoms with E-state index >= 15 is 0 Å². The average Bonchev–Trinajstić information content (AvgIpc) is 3.09. The number of aromatic nitrogens is 2. The van der Waals surface area contributed by atoms with Gasteiger partial charge in [-0.1, -0.05) is 48.5 Å². The number of aryl methyl sites for hydroxylation is 2. The molecule has 0 aliphatic carbocycles. The van der Waals surface area contributed by atoms with E-state index in [2.05, 4.69) is 54.1 Å². The zero-order valence-corrected chi connectivity index (χ0v) is 20.5. The summed E-state index contributed by atoms with van der Waals surface area (Å²) in [4.78, 5) is 19.1. The molecule has 2 N–H and O–H groups in total. The second-order valence-electron chi connectivity index (χ2n) is 8.97. The third-order valence-corrected chi connectivity index (χ3v) is 6.46. The van der Waals surface area contributed by atoms with E-state index in [4.69, 9.17) is 4.98 Å². The van der Waals surface area contributed by atoms with Crippen molar-refractivity contribution >= 4 is 22.6 Å². The smallest absolute Gasteiger partial charge is 0.272 e. The summed E-state index contributed by atoms with van der Waals surface area (Å²) in [5.74, 6) is -0.172. The minimum absolute atomic E-state index is 0.146. The monoisotopic (exact) mass is 456 g/mol. The molecular formula is C28H32N4O2. The topological polar surface area (TPSA) is 70.4 Å². The second kappa shape index (κ2) is 9.69. The lowest BCUT2D eigenvalue weighted by atomic mass is 10.0. The highest BCUT2D eigenvalue weighted by Gasteiger charge is 2.22. The van der Waals surface area contributed by atoms with Crippen molar-refractivity contribution < 1.29 is 9.90 Å². The number of nitrogens with zero attached hydrogens (tertiary/aromatic N) is 3. The molecule has 0 aliphatic rings. The maximum absolute atomic E-state index is 12.9. The van der Waals surface area contributed by atoms with Crippen molar-refractivity contribution in [3.05, 3.63) is 93.8 Å². The van der Waals surface area contributed by atoms with Crippen LogP contribution in [0.15, 0.2) is 54.6 Å². The lowest BCUT2D eigenvalue weighted by Crippen LogP contribution is -2.23. The number of hydrogen-bond acceptors (Lipinski definition) is 4. The molecule has 0 aliphatic heterocycles. The molecule has 6 heteroatoms. The predicted octanol–water partition coefficient (Wildman–Crippen LogP) is 4.82. The summed E-state index contributed by atoms with van der Waals surface area (Å²) < 4.78 is 2.18. The van der Waals surface area contributed by atoms with Gasteiger partial charge in [-0.05, 0) is 49.1 Å². The molecule has 176 valence electrons. The maximum atomic E-state index is 12.9. The van der Waals surface area contributed by atoms with E-state index in [-0.39, 0.29) is 12.5 Å². The first kappa shape index (κ1) is 23.5. The van der Waals surface area contributed by atoms with Crippen LogP contribution < -0.4 is 5.32 Å². The molecule has 0 spiro atoms. The molecule has 0 unspecified atom stereocenters. The number of benzene rings is 2. The van der Waals surface area contributed by atoms with Crippen LogP contribution in [0.25, 0.3) is 11.0 Å². The predicted molar refractivity (Wildman–Crippen MR) is 137 cm³/mol. The zero-order chi connectivity index (χ0) is 24.4. The Morgan fingerprint density at radius 2 is 1.68 bits per heavy atom. The van der Waals surface area contributed by atoms with Gasteiger partial charge < -0.3 is 19.9 Å². The van der Waals surface area contributed by atoms with Gasteiger partial charge in [-0.3, -0.25) is 4.79 Å². The largest absolute Gasteiger partial charge is 0.392 e. The van der Waals surface area contributed by atoms with Gasteiger partial charge in [0.1, 0.15) is 5.69 Å². The fraction of sp³-hybridized carbons (Fsp3) is 0.286. The molecule has 0 radical (unpaired) electrons. The summed E-state index contributed by atoms with van der Waals surface area (Å²) in [6.45, 7) is 7.34. The zero-order valence-electron chi connectivity index (χ0n) is 20.5. The molecule has 0 saturated carbocycles. The summed E-state index contributed by atoms with van der Waals surface area (Å²) in [5, 5.41) is 13.8. The van der Waals surface area contributed by atoms with Crippen LogP contribution in [0.5, 0.6) is 0 Å². The maximum Gasteiger partial charge on any atom is 0.272 e. The second-order valence-corrected chi connectivity index (χ2v) is 8.97. The number of aliphatic hydroxyl groups is 1. The number of pyridine rings is 1. The first-order valence-corrected chi connectivity index (χ1v) is 11.5. The minimum atomic E-state index is -0.172. The lowest BCUT2D eigenvalue weighted by molar-refractivity contribution is 0.0822. The van der Waals surface area contributed by atoms with Gasteiger partial charge in [-0.25, -0.2) is 4.98 Å². The standard InChI is InChI=1S/C28H32N4O2/c1-18-10-9-11-19(2)22(18)15-29-24-14-25(28(34)31(4)5)30-26-23(17-33)20(3)32(27(24)26)16-21-12-7-6-8-13-21/h6-14,33H,15-17H2,1-5H3,(H,29,30). The number of hydrogen-bond donors (Lipinski definition) is 2. The number of amides is 1. The van der Waals surface area contributed by atoms with Gasteiger partial charge in [-0.2, -0.15) is 0 Å². The number of carbonyl (C=O) groups excluding carboxylic acids is 1. The SMILES string of the molecule is Cc1cccc(C)c1CNc1cc(C(=O)N(C)C)nc2c(CO)c(C)n(Cc3ccccc3)c12. The highest BCUT2D eigenvalue weighted by molar-refractivity contribution is 6.00. The number of nitrogens with one attached hydrogen (secondary N) is 1. The van der Waals surface area contributed by atoms with Gasteiger partial charge in [0, 0.05) is 38.4 Å². The van der Waals surface area contributed by atoms with E-state index in [1.165, 1.54) is 21.6 Å². The molecular weight excluding hydrogens is 424 g/mol. The lowest BCUT2D eigenvalue weighted by Gasteiger charge is -2.17. The van der Waals surface area contributed by atoms with Crippen LogP contribution in [0, 0.1) is 20.8 Å². The Labute approximate surface area is 200 Å². The van der Waals surface area contributed by atoms with Crippen molar-refractivity contribution in [2.45, 2.75) is 40.5 Å². The molecule has 2 aromatic carbocycles. The summed E-state index contributed by atoms with van der Waals surface area (Å²) in [5.41, 5.74) is 9.25. The average molecular weight is 457 g/mol. The van der Waals surface area contributed by atoms with Crippen molar-refractivity contribution in [2.75, 3.05) is 19.4 Å². The number of aliphatic hydroxyl groups excluding tert-OH is 1. The van der Waals surface area contributed by atoms with Crippen molar-refractivity contribution in [3.8, 4) is 0 Å². The van der Waals surface area contributed by atoms with Crippen LogP contribution in [0.3, 0.4) is 0 Å². The van der Waals surface area contributed by atoms with Crippen molar-refractivity contribution in [1.29, 1.82) is 0 Å². The molecule has 6 nitrogen and oxygen atoms in total. The molecule has 4 rings (SSSR count). The van der Waals surface area contributed by atoms with E-state index in [1.807, 2.05) is 31.2 Å². The fourth-order valence-electron chi connectivity index (χ4n) is 4.46. The van der Waals surface area contributed by atoms with Crippen LogP contribution in [0.2, 0.25) is 0 Å². The Kier molecular flexibility index (Phi) is 6.70. The summed E-state index contributed by atoms with van der Waals surface area (Å²) >= 11 is 0. The van der Waals surface area contributed by atoms with Crippen LogP contribution in [-0.4, -0.2) is 39.6 Å². The summed E-state index contributed by atoms with van der Waals surface area (Å²) in [7, 11) is 3.44. The van der Waals surface area contributed by atoms with Crippen LogP contribution in [0.4, 0.5) is 5.69 Å². The van der Waals surface area contributed by atoms with E-state index in [0.717, 1.165) is 28.0 Å². The number of rotatable bonds is 7. The Morgan fingerprint density at radius 1 is 1.00 bits per heavy atom. The third-order valence-electron chi connectivity index (χ3n) is 6.46. The third kappa shape index (κ3) is 4.41. The van der Waals surface area contributed by atoms with Crippen LogP contribution in [0.1, 0.15) is 44.0 Å². The van der Waals surface area contributed by atoms with Crippen LogP contribution >= 0.6 is 0 Å². The molecule has 0 fully saturated rings. The minimum Gasteiger partial charge on any atom is -0.392 e. The van der Waals surface area contributed by atoms with Crippen molar-refractivity contribution in [1.82, 2.24) is 14.5 Å². The molecule has 2 aromatic heterocycles. The summed E-state index contributed by atoms with van der Waals surface area (Å²) in [6, 6.07) is 18.3. The molecule has 4 aromatic rings. The molecule has 1 amide bonds. The van der Waals surface area contributed by atoms with E-state index < -0.39 is 0 Å². The molecule has 0 atom stereocenters. The van der Waals surface area contributed by atoms with Gasteiger partial charge in [-0.15, -0.1) is 0 Å². The molecule has 0 saturated heterocycles. The van der Waals surface area contributed by atoms with E-state index in [9.17, 15) is 9.90 Å². The first-order chi connectivity index (χ1) is 16.3. The number of carbonyl (C=O) groups is 1. The Balaban J connectivity index is 1.90. The first-order valence-electron chi connectivity index (χ1n) is 11.5. The highest BCUT2D eigenvalue weighted by atomic mass is 16.3. The van der Waals surface area contributed by atoms with Crippen molar-refractivity contribution in [2.24, 2.45) is 0 Å². The molecule has 0 bridgehead atoms. The Hall–Kier alpha value is -3.64. The van der Waals surface area contributed by atoms with Gasteiger partial charge >= 0.3 is 0 Å². The Morgan fingerprint density at radius 3 is 2.29 bits per heavy atom. The van der Waals surface area contributed by atoms with Crippen molar-refractivity contribution in [3.63, 3.8) is 0 Å². The number of anilines is 1. The fourth-order valence-corrected chi connectivity index (χ4v) is 4.46. The van der Waals surface area contributed by atoms with E-state index in [0.29, 0.717) is 24.3 Å². The normalized spacial score (nSPS) is 11.1. The quantitative estimate of drug-likeness (QED) is 0.418. The number of fused-ring (bicyclic) bond motifs is 1.